The van der Waals surface area contributed by atoms with Crippen LogP contribution in [-0.4, -0.2) is 32.2 Å². The molecule has 1 unspecified atom stereocenters. The summed E-state index contributed by atoms with van der Waals surface area (Å²) in [6.45, 7) is 1.81. The summed E-state index contributed by atoms with van der Waals surface area (Å²) in [5, 5.41) is 6.97. The van der Waals surface area contributed by atoms with Crippen LogP contribution in [-0.2, 0) is 4.79 Å². The lowest BCUT2D eigenvalue weighted by atomic mass is 10.2. The first-order valence-corrected chi connectivity index (χ1v) is 9.32. The number of nitrogens with one attached hydrogen (secondary N) is 1. The van der Waals surface area contributed by atoms with Crippen LogP contribution in [0.5, 0.6) is 0 Å². The lowest BCUT2D eigenvalue weighted by molar-refractivity contribution is -0.119. The van der Waals surface area contributed by atoms with E-state index in [-0.39, 0.29) is 11.9 Å². The number of hydrogen-bond acceptors (Lipinski definition) is 5. The summed E-state index contributed by atoms with van der Waals surface area (Å²) in [6.07, 6.45) is 4.26. The molecule has 0 saturated carbocycles. The van der Waals surface area contributed by atoms with Crippen molar-refractivity contribution in [1.82, 2.24) is 14.8 Å². The number of benzene rings is 1. The molecule has 3 rings (SSSR count). The van der Waals surface area contributed by atoms with Gasteiger partial charge in [0.05, 0.1) is 4.58 Å². The van der Waals surface area contributed by atoms with Crippen molar-refractivity contribution in [2.45, 2.75) is 24.0 Å². The van der Waals surface area contributed by atoms with Gasteiger partial charge in [-0.3, -0.25) is 4.79 Å². The average Bonchev–Trinajstić information content (AvgIpc) is 3.09. The van der Waals surface area contributed by atoms with E-state index in [0.29, 0.717) is 4.58 Å². The van der Waals surface area contributed by atoms with Gasteiger partial charge in [-0.25, -0.2) is 9.67 Å². The fourth-order valence-corrected chi connectivity index (χ4v) is 5.10. The molecule has 1 aliphatic rings. The van der Waals surface area contributed by atoms with Crippen LogP contribution in [0.15, 0.2) is 36.9 Å². The number of carbonyl (C=O) groups excluding carboxylic acids is 1. The first-order chi connectivity index (χ1) is 10.7. The van der Waals surface area contributed by atoms with E-state index < -0.39 is 0 Å². The van der Waals surface area contributed by atoms with Gasteiger partial charge in [0.2, 0.25) is 5.91 Å². The molecule has 1 aromatic heterocycles. The molecule has 0 spiro atoms. The van der Waals surface area contributed by atoms with Crippen molar-refractivity contribution in [3.8, 4) is 0 Å². The molecule has 0 bridgehead atoms. The fraction of sp³-hybridized carbons (Fsp3) is 0.400. The second kappa shape index (κ2) is 7.19. The smallest absolute Gasteiger partial charge is 0.249 e. The standard InChI is InChI=1S/C15H18N4OS2/c1-11(19-10-16-9-17-19)14(20)18-13-5-2-4-12(8-13)15-21-6-3-7-22-15/h2,4-5,8-11,15H,3,6-7H2,1H3,(H,18,20). The minimum absolute atomic E-state index is 0.0911. The highest BCUT2D eigenvalue weighted by atomic mass is 32.2. The molecule has 1 fully saturated rings. The molecule has 116 valence electrons. The molecule has 2 heterocycles. The lowest BCUT2D eigenvalue weighted by Crippen LogP contribution is -2.24. The Bertz CT molecular complexity index is 626. The Morgan fingerprint density at radius 1 is 1.41 bits per heavy atom. The van der Waals surface area contributed by atoms with E-state index in [4.69, 9.17) is 0 Å². The van der Waals surface area contributed by atoms with E-state index in [1.807, 2.05) is 35.7 Å². The van der Waals surface area contributed by atoms with Crippen LogP contribution in [0.2, 0.25) is 0 Å². The maximum atomic E-state index is 12.3. The molecular formula is C15H18N4OS2. The van der Waals surface area contributed by atoms with E-state index in [1.54, 1.807) is 17.9 Å². The summed E-state index contributed by atoms with van der Waals surface area (Å²) in [4.78, 5) is 16.2. The van der Waals surface area contributed by atoms with E-state index >= 15 is 0 Å². The zero-order chi connectivity index (χ0) is 15.4. The monoisotopic (exact) mass is 334 g/mol. The van der Waals surface area contributed by atoms with E-state index in [9.17, 15) is 4.79 Å². The van der Waals surface area contributed by atoms with Crippen molar-refractivity contribution >= 4 is 35.1 Å². The third-order valence-corrected chi connectivity index (χ3v) is 6.48. The van der Waals surface area contributed by atoms with Crippen LogP contribution in [0.25, 0.3) is 0 Å². The lowest BCUT2D eigenvalue weighted by Gasteiger charge is -2.22. The van der Waals surface area contributed by atoms with Crippen LogP contribution in [0, 0.1) is 0 Å². The third kappa shape index (κ3) is 3.64. The summed E-state index contributed by atoms with van der Waals surface area (Å²) in [5.41, 5.74) is 2.10. The van der Waals surface area contributed by atoms with Gasteiger partial charge in [-0.05, 0) is 42.5 Å². The van der Waals surface area contributed by atoms with Gasteiger partial charge < -0.3 is 5.32 Å². The van der Waals surface area contributed by atoms with Crippen molar-refractivity contribution in [1.29, 1.82) is 0 Å². The zero-order valence-corrected chi connectivity index (χ0v) is 13.9. The van der Waals surface area contributed by atoms with E-state index in [2.05, 4.69) is 27.5 Å². The van der Waals surface area contributed by atoms with Crippen molar-refractivity contribution in [3.05, 3.63) is 42.5 Å². The topological polar surface area (TPSA) is 59.8 Å². The number of aromatic nitrogens is 3. The van der Waals surface area contributed by atoms with Crippen LogP contribution >= 0.6 is 23.5 Å². The normalized spacial score (nSPS) is 17.1. The molecule has 1 N–H and O–H groups in total. The Balaban J connectivity index is 1.68. The molecule has 5 nitrogen and oxygen atoms in total. The fourth-order valence-electron chi connectivity index (χ4n) is 2.23. The van der Waals surface area contributed by atoms with Gasteiger partial charge >= 0.3 is 0 Å². The average molecular weight is 334 g/mol. The maximum absolute atomic E-state index is 12.3. The first-order valence-electron chi connectivity index (χ1n) is 7.22. The van der Waals surface area contributed by atoms with Gasteiger partial charge in [0.1, 0.15) is 18.7 Å². The summed E-state index contributed by atoms with van der Waals surface area (Å²) in [7, 11) is 0. The number of nitrogens with zero attached hydrogens (tertiary/aromatic N) is 3. The molecule has 7 heteroatoms. The maximum Gasteiger partial charge on any atom is 0.249 e. The first kappa shape index (κ1) is 15.4. The molecule has 1 amide bonds. The molecule has 1 aliphatic heterocycles. The summed E-state index contributed by atoms with van der Waals surface area (Å²) >= 11 is 3.95. The number of hydrogen-bond donors (Lipinski definition) is 1. The van der Waals surface area contributed by atoms with E-state index in [1.165, 1.54) is 29.8 Å². The third-order valence-electron chi connectivity index (χ3n) is 3.47. The van der Waals surface area contributed by atoms with Gasteiger partial charge in [0.15, 0.2) is 0 Å². The van der Waals surface area contributed by atoms with Gasteiger partial charge in [-0.15, -0.1) is 23.5 Å². The summed E-state index contributed by atoms with van der Waals surface area (Å²) in [6, 6.07) is 7.74. The molecular weight excluding hydrogens is 316 g/mol. The summed E-state index contributed by atoms with van der Waals surface area (Å²) in [5.74, 6) is 2.32. The molecule has 2 aromatic rings. The molecule has 1 saturated heterocycles. The Hall–Kier alpha value is -1.47. The Labute approximate surface area is 138 Å². The number of amides is 1. The van der Waals surface area contributed by atoms with Gasteiger partial charge in [-0.2, -0.15) is 5.10 Å². The van der Waals surface area contributed by atoms with Crippen molar-refractivity contribution in [2.24, 2.45) is 0 Å². The molecule has 1 atom stereocenters. The quantitative estimate of drug-likeness (QED) is 0.929. The molecule has 22 heavy (non-hydrogen) atoms. The van der Waals surface area contributed by atoms with Crippen LogP contribution in [0.3, 0.4) is 0 Å². The Kier molecular flexibility index (Phi) is 5.04. The van der Waals surface area contributed by atoms with Gasteiger partial charge in [-0.1, -0.05) is 12.1 Å². The van der Waals surface area contributed by atoms with Crippen molar-refractivity contribution in [2.75, 3.05) is 16.8 Å². The minimum Gasteiger partial charge on any atom is -0.324 e. The number of anilines is 1. The Morgan fingerprint density at radius 3 is 2.95 bits per heavy atom. The molecule has 0 aliphatic carbocycles. The predicted molar refractivity (Wildman–Crippen MR) is 92.1 cm³/mol. The molecule has 0 radical (unpaired) electrons. The van der Waals surface area contributed by atoms with Crippen LogP contribution < -0.4 is 5.32 Å². The van der Waals surface area contributed by atoms with E-state index in [0.717, 1.165) is 5.69 Å². The second-order valence-electron chi connectivity index (χ2n) is 5.09. The Morgan fingerprint density at radius 2 is 2.23 bits per heavy atom. The highest BCUT2D eigenvalue weighted by molar-refractivity contribution is 8.16. The van der Waals surface area contributed by atoms with Crippen molar-refractivity contribution in [3.63, 3.8) is 0 Å². The minimum atomic E-state index is -0.385. The predicted octanol–water partition coefficient (Wildman–Crippen LogP) is 3.35. The molecule has 1 aromatic carbocycles. The largest absolute Gasteiger partial charge is 0.324 e. The van der Waals surface area contributed by atoms with Gasteiger partial charge in [0, 0.05) is 5.69 Å². The SMILES string of the molecule is CC(C(=O)Nc1cccc(C2SCCCS2)c1)n1cncn1. The second-order valence-corrected chi connectivity index (χ2v) is 7.82. The van der Waals surface area contributed by atoms with Gasteiger partial charge in [0.25, 0.3) is 0 Å². The summed E-state index contributed by atoms with van der Waals surface area (Å²) < 4.78 is 2.02. The number of rotatable bonds is 4. The van der Waals surface area contributed by atoms with Crippen LogP contribution in [0.4, 0.5) is 5.69 Å². The van der Waals surface area contributed by atoms with Crippen LogP contribution in [0.1, 0.15) is 29.5 Å². The highest BCUT2D eigenvalue weighted by Crippen LogP contribution is 2.44. The number of carbonyl (C=O) groups is 1. The van der Waals surface area contributed by atoms with Crippen molar-refractivity contribution < 1.29 is 4.79 Å². The zero-order valence-electron chi connectivity index (χ0n) is 12.3. The number of thioether (sulfide) groups is 2. The highest BCUT2D eigenvalue weighted by Gasteiger charge is 2.18.